The molecular weight excluding hydrogens is 312 g/mol. The Bertz CT molecular complexity index is 558. The third kappa shape index (κ3) is 5.65. The van der Waals surface area contributed by atoms with Crippen LogP contribution < -0.4 is 5.32 Å². The van der Waals surface area contributed by atoms with Gasteiger partial charge in [-0.05, 0) is 30.7 Å². The lowest BCUT2D eigenvalue weighted by Crippen LogP contribution is -2.38. The van der Waals surface area contributed by atoms with Gasteiger partial charge in [0.2, 0.25) is 15.9 Å². The minimum atomic E-state index is -3.67. The van der Waals surface area contributed by atoms with E-state index in [1.165, 1.54) is 31.3 Å². The van der Waals surface area contributed by atoms with Crippen LogP contribution in [-0.4, -0.2) is 38.8 Å². The standard InChI is InChI=1S/C14H21ClN2O3S/c1-3-4-5-10-16-14(18)11-17(2)21(19,20)13-8-6-12(15)7-9-13/h6-9H,3-5,10-11H2,1-2H3,(H,16,18). The van der Waals surface area contributed by atoms with Gasteiger partial charge >= 0.3 is 0 Å². The highest BCUT2D eigenvalue weighted by atomic mass is 35.5. The fourth-order valence-corrected chi connectivity index (χ4v) is 2.99. The lowest BCUT2D eigenvalue weighted by Gasteiger charge is -2.17. The molecule has 21 heavy (non-hydrogen) atoms. The van der Waals surface area contributed by atoms with Crippen LogP contribution in [0.4, 0.5) is 0 Å². The second-order valence-electron chi connectivity index (χ2n) is 4.77. The largest absolute Gasteiger partial charge is 0.355 e. The number of unbranched alkanes of at least 4 members (excludes halogenated alkanes) is 2. The van der Waals surface area contributed by atoms with E-state index in [1.807, 2.05) is 0 Å². The van der Waals surface area contributed by atoms with E-state index >= 15 is 0 Å². The van der Waals surface area contributed by atoms with Gasteiger partial charge in [0, 0.05) is 18.6 Å². The molecule has 0 aromatic heterocycles. The first-order valence-corrected chi connectivity index (χ1v) is 8.68. The molecule has 1 aromatic rings. The number of hydrogen-bond acceptors (Lipinski definition) is 3. The number of benzene rings is 1. The van der Waals surface area contributed by atoms with E-state index in [-0.39, 0.29) is 17.3 Å². The molecule has 0 unspecified atom stereocenters. The van der Waals surface area contributed by atoms with Gasteiger partial charge in [0.1, 0.15) is 0 Å². The van der Waals surface area contributed by atoms with Gasteiger partial charge in [0.25, 0.3) is 0 Å². The number of nitrogens with one attached hydrogen (secondary N) is 1. The van der Waals surface area contributed by atoms with Crippen molar-refractivity contribution in [3.8, 4) is 0 Å². The zero-order valence-corrected chi connectivity index (χ0v) is 13.9. The summed E-state index contributed by atoms with van der Waals surface area (Å²) in [6, 6.07) is 5.86. The van der Waals surface area contributed by atoms with Crippen LogP contribution >= 0.6 is 11.6 Å². The first-order valence-electron chi connectivity index (χ1n) is 6.86. The van der Waals surface area contributed by atoms with Gasteiger partial charge in [-0.25, -0.2) is 8.42 Å². The van der Waals surface area contributed by atoms with Gasteiger partial charge in [0.05, 0.1) is 11.4 Å². The van der Waals surface area contributed by atoms with Crippen molar-refractivity contribution in [3.63, 3.8) is 0 Å². The maximum Gasteiger partial charge on any atom is 0.243 e. The summed E-state index contributed by atoms with van der Waals surface area (Å²) in [5, 5.41) is 3.18. The summed E-state index contributed by atoms with van der Waals surface area (Å²) < 4.78 is 25.5. The van der Waals surface area contributed by atoms with Gasteiger partial charge in [0.15, 0.2) is 0 Å². The van der Waals surface area contributed by atoms with E-state index in [0.717, 1.165) is 23.6 Å². The van der Waals surface area contributed by atoms with Crippen molar-refractivity contribution in [3.05, 3.63) is 29.3 Å². The summed E-state index contributed by atoms with van der Waals surface area (Å²) in [6.07, 6.45) is 3.01. The SMILES string of the molecule is CCCCCNC(=O)CN(C)S(=O)(=O)c1ccc(Cl)cc1. The number of carbonyl (C=O) groups excluding carboxylic acids is 1. The molecule has 1 rings (SSSR count). The van der Waals surface area contributed by atoms with E-state index in [4.69, 9.17) is 11.6 Å². The number of sulfonamides is 1. The first-order chi connectivity index (χ1) is 9.87. The van der Waals surface area contributed by atoms with Gasteiger partial charge in [-0.15, -0.1) is 0 Å². The molecule has 1 aromatic carbocycles. The average molecular weight is 333 g/mol. The van der Waals surface area contributed by atoms with Crippen molar-refractivity contribution in [2.24, 2.45) is 0 Å². The lowest BCUT2D eigenvalue weighted by atomic mass is 10.2. The van der Waals surface area contributed by atoms with Crippen LogP contribution in [0.1, 0.15) is 26.2 Å². The Kier molecular flexibility index (Phi) is 7.14. The van der Waals surface area contributed by atoms with Gasteiger partial charge in [-0.1, -0.05) is 31.4 Å². The molecule has 1 amide bonds. The molecule has 0 aliphatic carbocycles. The van der Waals surface area contributed by atoms with E-state index < -0.39 is 10.0 Å². The zero-order chi connectivity index (χ0) is 15.9. The number of amides is 1. The second kappa shape index (κ2) is 8.36. The average Bonchev–Trinajstić information content (AvgIpc) is 2.44. The molecule has 0 saturated carbocycles. The molecule has 0 atom stereocenters. The summed E-state index contributed by atoms with van der Waals surface area (Å²) in [4.78, 5) is 11.8. The van der Waals surface area contributed by atoms with Crippen LogP contribution in [0.15, 0.2) is 29.2 Å². The van der Waals surface area contributed by atoms with Crippen molar-refractivity contribution in [1.29, 1.82) is 0 Å². The minimum Gasteiger partial charge on any atom is -0.355 e. The summed E-state index contributed by atoms with van der Waals surface area (Å²) >= 11 is 5.74. The molecular formula is C14H21ClN2O3S. The normalized spacial score (nSPS) is 11.6. The maximum absolute atomic E-state index is 12.3. The second-order valence-corrected chi connectivity index (χ2v) is 7.25. The Hall–Kier alpha value is -1.11. The fourth-order valence-electron chi connectivity index (χ4n) is 1.73. The number of hydrogen-bond donors (Lipinski definition) is 1. The van der Waals surface area contributed by atoms with E-state index in [0.29, 0.717) is 11.6 Å². The number of carbonyl (C=O) groups is 1. The molecule has 0 heterocycles. The summed E-state index contributed by atoms with van der Waals surface area (Å²) in [5.74, 6) is -0.300. The topological polar surface area (TPSA) is 66.5 Å². The molecule has 118 valence electrons. The number of nitrogens with zero attached hydrogens (tertiary/aromatic N) is 1. The summed E-state index contributed by atoms with van der Waals surface area (Å²) in [6.45, 7) is 2.45. The van der Waals surface area contributed by atoms with Gasteiger partial charge in [-0.3, -0.25) is 4.79 Å². The van der Waals surface area contributed by atoms with Crippen molar-refractivity contribution in [1.82, 2.24) is 9.62 Å². The highest BCUT2D eigenvalue weighted by Crippen LogP contribution is 2.17. The number of likely N-dealkylation sites (N-methyl/N-ethyl adjacent to an activating group) is 1. The molecule has 0 aliphatic heterocycles. The molecule has 0 bridgehead atoms. The summed E-state index contributed by atoms with van der Waals surface area (Å²) in [5.41, 5.74) is 0. The van der Waals surface area contributed by atoms with Crippen molar-refractivity contribution >= 4 is 27.5 Å². The Morgan fingerprint density at radius 3 is 2.43 bits per heavy atom. The van der Waals surface area contributed by atoms with Crippen LogP contribution in [0.5, 0.6) is 0 Å². The highest BCUT2D eigenvalue weighted by molar-refractivity contribution is 7.89. The Balaban J connectivity index is 2.59. The molecule has 7 heteroatoms. The van der Waals surface area contributed by atoms with Crippen molar-refractivity contribution < 1.29 is 13.2 Å². The van der Waals surface area contributed by atoms with Crippen LogP contribution in [0.2, 0.25) is 5.02 Å². The van der Waals surface area contributed by atoms with Crippen LogP contribution in [-0.2, 0) is 14.8 Å². The molecule has 0 radical (unpaired) electrons. The van der Waals surface area contributed by atoms with Crippen molar-refractivity contribution in [2.45, 2.75) is 31.1 Å². The third-order valence-electron chi connectivity index (χ3n) is 2.99. The smallest absolute Gasteiger partial charge is 0.243 e. The molecule has 5 nitrogen and oxygen atoms in total. The first kappa shape index (κ1) is 17.9. The maximum atomic E-state index is 12.3. The predicted octanol–water partition coefficient (Wildman–Crippen LogP) is 2.27. The van der Waals surface area contributed by atoms with Gasteiger partial charge in [-0.2, -0.15) is 4.31 Å². The van der Waals surface area contributed by atoms with Gasteiger partial charge < -0.3 is 5.32 Å². The molecule has 1 N–H and O–H groups in total. The Labute approximate surface area is 131 Å². The van der Waals surface area contributed by atoms with E-state index in [1.54, 1.807) is 0 Å². The summed E-state index contributed by atoms with van der Waals surface area (Å²) in [7, 11) is -2.29. The molecule has 0 spiro atoms. The molecule has 0 fully saturated rings. The van der Waals surface area contributed by atoms with Crippen LogP contribution in [0.3, 0.4) is 0 Å². The minimum absolute atomic E-state index is 0.119. The fraction of sp³-hybridized carbons (Fsp3) is 0.500. The predicted molar refractivity (Wildman–Crippen MR) is 83.8 cm³/mol. The monoisotopic (exact) mass is 332 g/mol. The Morgan fingerprint density at radius 2 is 1.86 bits per heavy atom. The Morgan fingerprint density at radius 1 is 1.24 bits per heavy atom. The quantitative estimate of drug-likeness (QED) is 0.743. The molecule has 0 aliphatic rings. The highest BCUT2D eigenvalue weighted by Gasteiger charge is 2.22. The van der Waals surface area contributed by atoms with Crippen LogP contribution in [0.25, 0.3) is 0 Å². The molecule has 0 saturated heterocycles. The number of rotatable bonds is 8. The third-order valence-corrected chi connectivity index (χ3v) is 5.06. The van der Waals surface area contributed by atoms with Crippen molar-refractivity contribution in [2.75, 3.05) is 20.1 Å². The van der Waals surface area contributed by atoms with Crippen LogP contribution in [0, 0.1) is 0 Å². The number of halogens is 1. The lowest BCUT2D eigenvalue weighted by molar-refractivity contribution is -0.121. The zero-order valence-electron chi connectivity index (χ0n) is 12.3. The van der Waals surface area contributed by atoms with E-state index in [2.05, 4.69) is 12.2 Å². The van der Waals surface area contributed by atoms with E-state index in [9.17, 15) is 13.2 Å².